The molecule has 2 aromatic carbocycles. The lowest BCUT2D eigenvalue weighted by atomic mass is 10.1. The number of benzene rings is 2. The van der Waals surface area contributed by atoms with Crippen molar-refractivity contribution in [2.45, 2.75) is 20.5 Å². The van der Waals surface area contributed by atoms with Crippen LogP contribution in [0.4, 0.5) is 0 Å². The van der Waals surface area contributed by atoms with Gasteiger partial charge < -0.3 is 9.15 Å². The van der Waals surface area contributed by atoms with E-state index in [2.05, 4.69) is 32.0 Å². The largest absolute Gasteiger partial charge is 0.486 e. The van der Waals surface area contributed by atoms with E-state index in [9.17, 15) is 0 Å². The summed E-state index contributed by atoms with van der Waals surface area (Å²) < 4.78 is 11.5. The summed E-state index contributed by atoms with van der Waals surface area (Å²) in [6.07, 6.45) is 0. The molecule has 0 fully saturated rings. The molecule has 3 aromatic rings. The first kappa shape index (κ1) is 11.8. The van der Waals surface area contributed by atoms with Crippen LogP contribution < -0.4 is 4.74 Å². The third kappa shape index (κ3) is 2.48. The van der Waals surface area contributed by atoms with E-state index in [1.165, 1.54) is 11.1 Å². The van der Waals surface area contributed by atoms with E-state index in [1.807, 2.05) is 30.3 Å². The van der Waals surface area contributed by atoms with E-state index in [0.717, 1.165) is 22.5 Å². The summed E-state index contributed by atoms with van der Waals surface area (Å²) in [5, 5.41) is 1.16. The molecule has 0 saturated carbocycles. The Hall–Kier alpha value is -2.22. The molecule has 0 radical (unpaired) electrons. The second-order valence-corrected chi connectivity index (χ2v) is 4.80. The molecule has 19 heavy (non-hydrogen) atoms. The Labute approximate surface area is 112 Å². The third-order valence-corrected chi connectivity index (χ3v) is 3.20. The molecule has 3 rings (SSSR count). The minimum absolute atomic E-state index is 0.456. The fourth-order valence-corrected chi connectivity index (χ4v) is 2.19. The molecule has 0 unspecified atom stereocenters. The number of ether oxygens (including phenoxy) is 1. The predicted octanol–water partition coefficient (Wildman–Crippen LogP) is 4.63. The molecule has 96 valence electrons. The molecule has 2 heteroatoms. The number of furan rings is 1. The van der Waals surface area contributed by atoms with E-state index in [1.54, 1.807) is 0 Å². The Morgan fingerprint density at radius 2 is 1.84 bits per heavy atom. The van der Waals surface area contributed by atoms with Crippen molar-refractivity contribution in [1.29, 1.82) is 0 Å². The van der Waals surface area contributed by atoms with Crippen molar-refractivity contribution in [3.63, 3.8) is 0 Å². The van der Waals surface area contributed by atoms with Crippen molar-refractivity contribution < 1.29 is 9.15 Å². The second kappa shape index (κ2) is 4.81. The average molecular weight is 252 g/mol. The summed E-state index contributed by atoms with van der Waals surface area (Å²) in [6.45, 7) is 4.60. The minimum Gasteiger partial charge on any atom is -0.486 e. The van der Waals surface area contributed by atoms with E-state index < -0.39 is 0 Å². The van der Waals surface area contributed by atoms with Gasteiger partial charge >= 0.3 is 0 Å². The highest BCUT2D eigenvalue weighted by atomic mass is 16.5. The van der Waals surface area contributed by atoms with Gasteiger partial charge in [0.05, 0.1) is 0 Å². The zero-order valence-electron chi connectivity index (χ0n) is 11.1. The van der Waals surface area contributed by atoms with E-state index >= 15 is 0 Å². The van der Waals surface area contributed by atoms with Crippen LogP contribution in [0.1, 0.15) is 16.9 Å². The van der Waals surface area contributed by atoms with E-state index in [-0.39, 0.29) is 0 Å². The first-order valence-corrected chi connectivity index (χ1v) is 6.40. The first-order valence-electron chi connectivity index (χ1n) is 6.40. The van der Waals surface area contributed by atoms with Crippen LogP contribution in [0, 0.1) is 13.8 Å². The molecule has 0 saturated heterocycles. The van der Waals surface area contributed by atoms with Gasteiger partial charge in [-0.25, -0.2) is 0 Å². The van der Waals surface area contributed by atoms with Crippen molar-refractivity contribution in [3.8, 4) is 5.75 Å². The zero-order valence-corrected chi connectivity index (χ0v) is 11.1. The maximum absolute atomic E-state index is 5.78. The number of hydrogen-bond acceptors (Lipinski definition) is 2. The average Bonchev–Trinajstić information content (AvgIpc) is 2.81. The van der Waals surface area contributed by atoms with E-state index in [0.29, 0.717) is 6.61 Å². The van der Waals surface area contributed by atoms with Crippen LogP contribution >= 0.6 is 0 Å². The van der Waals surface area contributed by atoms with Gasteiger partial charge in [0, 0.05) is 5.39 Å². The molecular formula is C17H16O2. The Bertz CT molecular complexity index is 710. The van der Waals surface area contributed by atoms with Gasteiger partial charge in [0.1, 0.15) is 23.7 Å². The van der Waals surface area contributed by atoms with Crippen molar-refractivity contribution in [2.24, 2.45) is 0 Å². The molecule has 0 aliphatic heterocycles. The van der Waals surface area contributed by atoms with Gasteiger partial charge in [-0.2, -0.15) is 0 Å². The van der Waals surface area contributed by atoms with Crippen LogP contribution in [0.5, 0.6) is 5.75 Å². The number of hydrogen-bond donors (Lipinski definition) is 0. The Morgan fingerprint density at radius 1 is 1.00 bits per heavy atom. The molecule has 0 aliphatic rings. The van der Waals surface area contributed by atoms with Gasteiger partial charge in [0.25, 0.3) is 0 Å². The Morgan fingerprint density at radius 3 is 2.63 bits per heavy atom. The van der Waals surface area contributed by atoms with Crippen molar-refractivity contribution in [3.05, 3.63) is 65.4 Å². The van der Waals surface area contributed by atoms with Crippen molar-refractivity contribution >= 4 is 11.0 Å². The van der Waals surface area contributed by atoms with Gasteiger partial charge in [0.2, 0.25) is 0 Å². The summed E-state index contributed by atoms with van der Waals surface area (Å²) >= 11 is 0. The van der Waals surface area contributed by atoms with Gasteiger partial charge in [-0.1, -0.05) is 24.3 Å². The molecule has 1 aromatic heterocycles. The van der Waals surface area contributed by atoms with Gasteiger partial charge in [-0.15, -0.1) is 0 Å². The Balaban J connectivity index is 1.80. The van der Waals surface area contributed by atoms with Gasteiger partial charge in [-0.05, 0) is 49.2 Å². The second-order valence-electron chi connectivity index (χ2n) is 4.80. The maximum Gasteiger partial charge on any atom is 0.146 e. The summed E-state index contributed by atoms with van der Waals surface area (Å²) in [4.78, 5) is 0. The molecule has 2 nitrogen and oxygen atoms in total. The van der Waals surface area contributed by atoms with E-state index in [4.69, 9.17) is 9.15 Å². The summed E-state index contributed by atoms with van der Waals surface area (Å²) in [7, 11) is 0. The molecule has 0 atom stereocenters. The highest BCUT2D eigenvalue weighted by Gasteiger charge is 2.06. The van der Waals surface area contributed by atoms with Crippen LogP contribution in [0.3, 0.4) is 0 Å². The van der Waals surface area contributed by atoms with Gasteiger partial charge in [-0.3, -0.25) is 0 Å². The Kier molecular flexibility index (Phi) is 3.00. The normalized spacial score (nSPS) is 10.8. The molecule has 0 amide bonds. The molecule has 0 N–H and O–H groups in total. The van der Waals surface area contributed by atoms with Crippen LogP contribution in [-0.2, 0) is 6.61 Å². The monoisotopic (exact) mass is 252 g/mol. The SMILES string of the molecule is Cc1cccc(OCc2cc3c(C)cccc3o2)c1. The topological polar surface area (TPSA) is 22.4 Å². The van der Waals surface area contributed by atoms with Gasteiger partial charge in [0.15, 0.2) is 0 Å². The van der Waals surface area contributed by atoms with Crippen LogP contribution in [0.15, 0.2) is 52.9 Å². The highest BCUT2D eigenvalue weighted by molar-refractivity contribution is 5.81. The molecule has 1 heterocycles. The first-order chi connectivity index (χ1) is 9.22. The molecule has 0 spiro atoms. The van der Waals surface area contributed by atoms with Crippen LogP contribution in [0.2, 0.25) is 0 Å². The molecular weight excluding hydrogens is 236 g/mol. The smallest absolute Gasteiger partial charge is 0.146 e. The fourth-order valence-electron chi connectivity index (χ4n) is 2.19. The standard InChI is InChI=1S/C17H16O2/c1-12-5-3-7-14(9-12)18-11-15-10-16-13(2)6-4-8-17(16)19-15/h3-10H,11H2,1-2H3. The summed E-state index contributed by atoms with van der Waals surface area (Å²) in [5.74, 6) is 1.72. The fraction of sp³-hybridized carbons (Fsp3) is 0.176. The lowest BCUT2D eigenvalue weighted by Crippen LogP contribution is -1.93. The number of fused-ring (bicyclic) bond motifs is 1. The quantitative estimate of drug-likeness (QED) is 0.678. The summed E-state index contributed by atoms with van der Waals surface area (Å²) in [6, 6.07) is 16.2. The number of rotatable bonds is 3. The van der Waals surface area contributed by atoms with Crippen LogP contribution in [0.25, 0.3) is 11.0 Å². The minimum atomic E-state index is 0.456. The third-order valence-electron chi connectivity index (χ3n) is 3.20. The maximum atomic E-state index is 5.78. The zero-order chi connectivity index (χ0) is 13.2. The predicted molar refractivity (Wildman–Crippen MR) is 76.5 cm³/mol. The lowest BCUT2D eigenvalue weighted by Gasteiger charge is -2.04. The summed E-state index contributed by atoms with van der Waals surface area (Å²) in [5.41, 5.74) is 3.34. The molecule has 0 aliphatic carbocycles. The lowest BCUT2D eigenvalue weighted by molar-refractivity contribution is 0.274. The highest BCUT2D eigenvalue weighted by Crippen LogP contribution is 2.23. The number of aryl methyl sites for hydroxylation is 2. The van der Waals surface area contributed by atoms with Crippen molar-refractivity contribution in [2.75, 3.05) is 0 Å². The van der Waals surface area contributed by atoms with Crippen LogP contribution in [-0.4, -0.2) is 0 Å². The molecule has 0 bridgehead atoms. The van der Waals surface area contributed by atoms with Crippen molar-refractivity contribution in [1.82, 2.24) is 0 Å².